The SMILES string of the molecule is Cc1cncc(CN=C(N)N2CCCCC2)c1. The van der Waals surface area contributed by atoms with Gasteiger partial charge in [0.15, 0.2) is 5.96 Å². The highest BCUT2D eigenvalue weighted by molar-refractivity contribution is 5.78. The van der Waals surface area contributed by atoms with Crippen LogP contribution < -0.4 is 5.73 Å². The molecule has 2 rings (SSSR count). The fraction of sp³-hybridized carbons (Fsp3) is 0.538. The van der Waals surface area contributed by atoms with Gasteiger partial charge in [0.25, 0.3) is 0 Å². The predicted octanol–water partition coefficient (Wildman–Crippen LogP) is 1.69. The van der Waals surface area contributed by atoms with Crippen molar-refractivity contribution in [3.8, 4) is 0 Å². The molecule has 0 saturated carbocycles. The molecule has 0 unspecified atom stereocenters. The number of piperidine rings is 1. The van der Waals surface area contributed by atoms with E-state index in [1.54, 1.807) is 0 Å². The van der Waals surface area contributed by atoms with Gasteiger partial charge in [-0.3, -0.25) is 4.98 Å². The first-order chi connectivity index (χ1) is 8.25. The smallest absolute Gasteiger partial charge is 0.191 e. The van der Waals surface area contributed by atoms with Crippen LogP contribution in [0.3, 0.4) is 0 Å². The third-order valence-corrected chi connectivity index (χ3v) is 3.04. The van der Waals surface area contributed by atoms with Crippen molar-refractivity contribution in [1.29, 1.82) is 0 Å². The van der Waals surface area contributed by atoms with Gasteiger partial charge in [0.05, 0.1) is 6.54 Å². The highest BCUT2D eigenvalue weighted by atomic mass is 15.2. The Bertz CT molecular complexity index is 394. The van der Waals surface area contributed by atoms with Crippen LogP contribution in [0.1, 0.15) is 30.4 Å². The number of likely N-dealkylation sites (tertiary alicyclic amines) is 1. The maximum Gasteiger partial charge on any atom is 0.191 e. The largest absolute Gasteiger partial charge is 0.370 e. The van der Waals surface area contributed by atoms with Crippen LogP contribution in [0.2, 0.25) is 0 Å². The van der Waals surface area contributed by atoms with E-state index in [-0.39, 0.29) is 0 Å². The first-order valence-corrected chi connectivity index (χ1v) is 6.21. The normalized spacial score (nSPS) is 17.2. The highest BCUT2D eigenvalue weighted by Crippen LogP contribution is 2.09. The molecule has 0 atom stereocenters. The summed E-state index contributed by atoms with van der Waals surface area (Å²) in [4.78, 5) is 10.8. The summed E-state index contributed by atoms with van der Waals surface area (Å²) >= 11 is 0. The van der Waals surface area contributed by atoms with Gasteiger partial charge in [-0.15, -0.1) is 0 Å². The van der Waals surface area contributed by atoms with Crippen LogP contribution in [0, 0.1) is 6.92 Å². The molecule has 0 bridgehead atoms. The fourth-order valence-corrected chi connectivity index (χ4v) is 2.10. The summed E-state index contributed by atoms with van der Waals surface area (Å²) in [7, 11) is 0. The van der Waals surface area contributed by atoms with Gasteiger partial charge in [0, 0.05) is 25.5 Å². The van der Waals surface area contributed by atoms with Crippen LogP contribution in [0.15, 0.2) is 23.5 Å². The molecule has 1 aliphatic heterocycles. The van der Waals surface area contributed by atoms with Crippen LogP contribution in [-0.4, -0.2) is 28.9 Å². The second-order valence-corrected chi connectivity index (χ2v) is 4.59. The quantitative estimate of drug-likeness (QED) is 0.623. The van der Waals surface area contributed by atoms with Crippen molar-refractivity contribution in [1.82, 2.24) is 9.88 Å². The molecule has 1 aromatic rings. The Labute approximate surface area is 103 Å². The number of hydrogen-bond acceptors (Lipinski definition) is 2. The molecular formula is C13H20N4. The number of nitrogens with zero attached hydrogens (tertiary/aromatic N) is 3. The molecule has 0 spiro atoms. The summed E-state index contributed by atoms with van der Waals surface area (Å²) < 4.78 is 0. The number of rotatable bonds is 2. The maximum absolute atomic E-state index is 5.99. The second-order valence-electron chi connectivity index (χ2n) is 4.59. The lowest BCUT2D eigenvalue weighted by Gasteiger charge is -2.27. The Kier molecular flexibility index (Phi) is 3.96. The molecular weight excluding hydrogens is 212 g/mol. The van der Waals surface area contributed by atoms with Crippen molar-refractivity contribution in [2.24, 2.45) is 10.7 Å². The zero-order valence-electron chi connectivity index (χ0n) is 10.4. The summed E-state index contributed by atoms with van der Waals surface area (Å²) in [5.41, 5.74) is 8.27. The number of guanidine groups is 1. The number of nitrogens with two attached hydrogens (primary N) is 1. The van der Waals surface area contributed by atoms with E-state index in [0.717, 1.165) is 24.2 Å². The topological polar surface area (TPSA) is 54.5 Å². The Hall–Kier alpha value is -1.58. The van der Waals surface area contributed by atoms with Crippen LogP contribution in [0.4, 0.5) is 0 Å². The molecule has 0 amide bonds. The molecule has 0 radical (unpaired) electrons. The third kappa shape index (κ3) is 3.44. The second kappa shape index (κ2) is 5.66. The van der Waals surface area contributed by atoms with Gasteiger partial charge in [-0.2, -0.15) is 0 Å². The molecule has 0 aromatic carbocycles. The van der Waals surface area contributed by atoms with E-state index in [1.807, 2.05) is 19.3 Å². The van der Waals surface area contributed by atoms with Crippen molar-refractivity contribution in [3.63, 3.8) is 0 Å². The van der Waals surface area contributed by atoms with Crippen LogP contribution in [0.5, 0.6) is 0 Å². The third-order valence-electron chi connectivity index (χ3n) is 3.04. The van der Waals surface area contributed by atoms with Crippen LogP contribution >= 0.6 is 0 Å². The lowest BCUT2D eigenvalue weighted by atomic mass is 10.1. The average molecular weight is 232 g/mol. The lowest BCUT2D eigenvalue weighted by molar-refractivity contribution is 0.338. The summed E-state index contributed by atoms with van der Waals surface area (Å²) in [6.45, 7) is 4.74. The average Bonchev–Trinajstić information content (AvgIpc) is 2.37. The van der Waals surface area contributed by atoms with E-state index in [9.17, 15) is 0 Å². The van der Waals surface area contributed by atoms with Crippen molar-refractivity contribution in [2.75, 3.05) is 13.1 Å². The first kappa shape index (κ1) is 11.9. The van der Waals surface area contributed by atoms with Gasteiger partial charge in [-0.1, -0.05) is 6.07 Å². The molecule has 4 heteroatoms. The van der Waals surface area contributed by atoms with Gasteiger partial charge < -0.3 is 10.6 Å². The van der Waals surface area contributed by atoms with Crippen molar-refractivity contribution in [2.45, 2.75) is 32.7 Å². The monoisotopic (exact) mass is 232 g/mol. The molecule has 1 aromatic heterocycles. The maximum atomic E-state index is 5.99. The van der Waals surface area contributed by atoms with Crippen LogP contribution in [-0.2, 0) is 6.54 Å². The van der Waals surface area contributed by atoms with Gasteiger partial charge in [0.1, 0.15) is 0 Å². The Morgan fingerprint density at radius 1 is 1.35 bits per heavy atom. The molecule has 1 fully saturated rings. The summed E-state index contributed by atoms with van der Waals surface area (Å²) in [6.07, 6.45) is 7.46. The summed E-state index contributed by atoms with van der Waals surface area (Å²) in [6, 6.07) is 2.10. The van der Waals surface area contributed by atoms with Crippen molar-refractivity contribution >= 4 is 5.96 Å². The minimum Gasteiger partial charge on any atom is -0.370 e. The van der Waals surface area contributed by atoms with Gasteiger partial charge in [0.2, 0.25) is 0 Å². The molecule has 17 heavy (non-hydrogen) atoms. The lowest BCUT2D eigenvalue weighted by Crippen LogP contribution is -2.40. The number of aromatic nitrogens is 1. The molecule has 92 valence electrons. The van der Waals surface area contributed by atoms with E-state index in [1.165, 1.54) is 19.3 Å². The Balaban J connectivity index is 1.95. The highest BCUT2D eigenvalue weighted by Gasteiger charge is 2.11. The molecule has 1 saturated heterocycles. The van der Waals surface area contributed by atoms with E-state index < -0.39 is 0 Å². The zero-order chi connectivity index (χ0) is 12.1. The standard InChI is InChI=1S/C13H20N4/c1-11-7-12(9-15-8-11)10-16-13(14)17-5-3-2-4-6-17/h7-9H,2-6,10H2,1H3,(H2,14,16). The minimum absolute atomic E-state index is 0.622. The fourth-order valence-electron chi connectivity index (χ4n) is 2.10. The predicted molar refractivity (Wildman–Crippen MR) is 69.7 cm³/mol. The van der Waals surface area contributed by atoms with Gasteiger partial charge >= 0.3 is 0 Å². The van der Waals surface area contributed by atoms with E-state index in [4.69, 9.17) is 5.73 Å². The first-order valence-electron chi connectivity index (χ1n) is 6.21. The van der Waals surface area contributed by atoms with Gasteiger partial charge in [-0.05, 0) is 37.3 Å². The number of hydrogen-bond donors (Lipinski definition) is 1. The number of aryl methyl sites for hydroxylation is 1. The zero-order valence-corrected chi connectivity index (χ0v) is 10.4. The van der Waals surface area contributed by atoms with Crippen molar-refractivity contribution in [3.05, 3.63) is 29.6 Å². The van der Waals surface area contributed by atoms with Crippen molar-refractivity contribution < 1.29 is 0 Å². The number of aliphatic imine (C=N–C) groups is 1. The van der Waals surface area contributed by atoms with E-state index >= 15 is 0 Å². The van der Waals surface area contributed by atoms with E-state index in [0.29, 0.717) is 12.5 Å². The summed E-state index contributed by atoms with van der Waals surface area (Å²) in [5, 5.41) is 0. The van der Waals surface area contributed by atoms with Gasteiger partial charge in [-0.25, -0.2) is 4.99 Å². The molecule has 4 nitrogen and oxygen atoms in total. The Morgan fingerprint density at radius 3 is 2.82 bits per heavy atom. The Morgan fingerprint density at radius 2 is 2.12 bits per heavy atom. The molecule has 1 aliphatic rings. The molecule has 2 heterocycles. The summed E-state index contributed by atoms with van der Waals surface area (Å²) in [5.74, 6) is 0.672. The minimum atomic E-state index is 0.622. The van der Waals surface area contributed by atoms with Crippen LogP contribution in [0.25, 0.3) is 0 Å². The van der Waals surface area contributed by atoms with E-state index in [2.05, 4.69) is 20.9 Å². The molecule has 2 N–H and O–H groups in total. The molecule has 0 aliphatic carbocycles. The number of pyridine rings is 1.